The van der Waals surface area contributed by atoms with Crippen molar-refractivity contribution in [2.24, 2.45) is 0 Å². The Bertz CT molecular complexity index is 514. The largest absolute Gasteiger partial charge is 0.497 e. The zero-order chi connectivity index (χ0) is 15.5. The standard InChI is InChI=1S/C18H26N2O2/c1-13(14-3-7-17(22-2)8-4-14)11-18(21)20-10-9-15-5-6-16(12-20)19-15/h3-4,7-8,13,15-16,19H,5-6,9-12H2,1-2H3. The Balaban J connectivity index is 1.58. The molecule has 3 atom stereocenters. The Hall–Kier alpha value is -1.55. The number of hydrogen-bond donors (Lipinski definition) is 1. The predicted octanol–water partition coefficient (Wildman–Crippen LogP) is 2.54. The van der Waals surface area contributed by atoms with E-state index in [4.69, 9.17) is 4.74 Å². The van der Waals surface area contributed by atoms with Crippen molar-refractivity contribution in [2.45, 2.75) is 50.6 Å². The minimum Gasteiger partial charge on any atom is -0.497 e. The maximum absolute atomic E-state index is 12.6. The first kappa shape index (κ1) is 15.3. The molecule has 3 unspecified atom stereocenters. The van der Waals surface area contributed by atoms with Crippen molar-refractivity contribution in [3.63, 3.8) is 0 Å². The van der Waals surface area contributed by atoms with Gasteiger partial charge in [-0.15, -0.1) is 0 Å². The molecule has 4 nitrogen and oxygen atoms in total. The Morgan fingerprint density at radius 3 is 2.73 bits per heavy atom. The second-order valence-corrected chi connectivity index (χ2v) is 6.64. The van der Waals surface area contributed by atoms with Crippen molar-refractivity contribution in [1.82, 2.24) is 10.2 Å². The molecular weight excluding hydrogens is 276 g/mol. The van der Waals surface area contributed by atoms with Crippen molar-refractivity contribution >= 4 is 5.91 Å². The summed E-state index contributed by atoms with van der Waals surface area (Å²) >= 11 is 0. The molecule has 22 heavy (non-hydrogen) atoms. The second kappa shape index (κ2) is 6.69. The van der Waals surface area contributed by atoms with Gasteiger partial charge in [-0.3, -0.25) is 4.79 Å². The van der Waals surface area contributed by atoms with E-state index in [1.807, 2.05) is 12.1 Å². The number of fused-ring (bicyclic) bond motifs is 2. The van der Waals surface area contributed by atoms with E-state index in [2.05, 4.69) is 29.3 Å². The van der Waals surface area contributed by atoms with Crippen LogP contribution in [0.5, 0.6) is 5.75 Å². The summed E-state index contributed by atoms with van der Waals surface area (Å²) in [5, 5.41) is 3.63. The van der Waals surface area contributed by atoms with E-state index in [9.17, 15) is 4.79 Å². The van der Waals surface area contributed by atoms with Gasteiger partial charge in [-0.05, 0) is 42.9 Å². The molecule has 1 aromatic carbocycles. The van der Waals surface area contributed by atoms with Gasteiger partial charge in [-0.1, -0.05) is 19.1 Å². The Morgan fingerprint density at radius 1 is 1.27 bits per heavy atom. The molecule has 0 saturated carbocycles. The van der Waals surface area contributed by atoms with Gasteiger partial charge in [0, 0.05) is 31.6 Å². The summed E-state index contributed by atoms with van der Waals surface area (Å²) in [6, 6.07) is 9.18. The molecule has 0 spiro atoms. The number of carbonyl (C=O) groups is 1. The average molecular weight is 302 g/mol. The van der Waals surface area contributed by atoms with Crippen LogP contribution in [0.25, 0.3) is 0 Å². The number of hydrogen-bond acceptors (Lipinski definition) is 3. The molecule has 4 heteroatoms. The van der Waals surface area contributed by atoms with Crippen molar-refractivity contribution in [1.29, 1.82) is 0 Å². The zero-order valence-corrected chi connectivity index (χ0v) is 13.5. The number of carbonyl (C=O) groups excluding carboxylic acids is 1. The number of rotatable bonds is 4. The number of ether oxygens (including phenoxy) is 1. The van der Waals surface area contributed by atoms with Gasteiger partial charge in [-0.2, -0.15) is 0 Å². The van der Waals surface area contributed by atoms with Gasteiger partial charge >= 0.3 is 0 Å². The van der Waals surface area contributed by atoms with Gasteiger partial charge in [0.25, 0.3) is 0 Å². The van der Waals surface area contributed by atoms with E-state index in [0.29, 0.717) is 18.5 Å². The highest BCUT2D eigenvalue weighted by Crippen LogP contribution is 2.25. The van der Waals surface area contributed by atoms with Crippen LogP contribution < -0.4 is 10.1 Å². The van der Waals surface area contributed by atoms with Crippen LogP contribution in [-0.2, 0) is 4.79 Å². The first-order chi connectivity index (χ1) is 10.7. The molecule has 1 N–H and O–H groups in total. The number of nitrogens with one attached hydrogen (secondary N) is 1. The molecule has 2 saturated heterocycles. The van der Waals surface area contributed by atoms with E-state index in [-0.39, 0.29) is 11.8 Å². The molecule has 2 aliphatic heterocycles. The monoisotopic (exact) mass is 302 g/mol. The molecule has 2 heterocycles. The van der Waals surface area contributed by atoms with Crippen LogP contribution in [-0.4, -0.2) is 43.1 Å². The third-order valence-corrected chi connectivity index (χ3v) is 5.04. The third-order valence-electron chi connectivity index (χ3n) is 5.04. The summed E-state index contributed by atoms with van der Waals surface area (Å²) in [7, 11) is 1.67. The molecule has 1 aromatic rings. The lowest BCUT2D eigenvalue weighted by Crippen LogP contribution is -2.39. The van der Waals surface area contributed by atoms with Crippen LogP contribution in [0, 0.1) is 0 Å². The fourth-order valence-corrected chi connectivity index (χ4v) is 3.61. The Labute approximate surface area is 132 Å². The molecule has 0 aromatic heterocycles. The van der Waals surface area contributed by atoms with Crippen molar-refractivity contribution in [3.8, 4) is 5.75 Å². The highest BCUT2D eigenvalue weighted by atomic mass is 16.5. The molecule has 2 bridgehead atoms. The lowest BCUT2D eigenvalue weighted by molar-refractivity contribution is -0.131. The van der Waals surface area contributed by atoms with E-state index >= 15 is 0 Å². The normalized spacial score (nSPS) is 25.6. The maximum Gasteiger partial charge on any atom is 0.223 e. The lowest BCUT2D eigenvalue weighted by Gasteiger charge is -2.25. The summed E-state index contributed by atoms with van der Waals surface area (Å²) in [4.78, 5) is 14.7. The first-order valence-corrected chi connectivity index (χ1v) is 8.33. The summed E-state index contributed by atoms with van der Waals surface area (Å²) in [6.07, 6.45) is 4.17. The molecule has 120 valence electrons. The molecular formula is C18H26N2O2. The highest BCUT2D eigenvalue weighted by molar-refractivity contribution is 5.77. The van der Waals surface area contributed by atoms with Crippen LogP contribution in [0.4, 0.5) is 0 Å². The van der Waals surface area contributed by atoms with E-state index in [0.717, 1.165) is 25.3 Å². The van der Waals surface area contributed by atoms with Crippen molar-refractivity contribution in [2.75, 3.05) is 20.2 Å². The number of amides is 1. The molecule has 1 amide bonds. The highest BCUT2D eigenvalue weighted by Gasteiger charge is 2.31. The minimum absolute atomic E-state index is 0.242. The predicted molar refractivity (Wildman–Crippen MR) is 87.2 cm³/mol. The van der Waals surface area contributed by atoms with Gasteiger partial charge in [-0.25, -0.2) is 0 Å². The smallest absolute Gasteiger partial charge is 0.223 e. The Morgan fingerprint density at radius 2 is 2.00 bits per heavy atom. The number of likely N-dealkylation sites (tertiary alicyclic amines) is 1. The fourth-order valence-electron chi connectivity index (χ4n) is 3.61. The van der Waals surface area contributed by atoms with Gasteiger partial charge in [0.05, 0.1) is 7.11 Å². The van der Waals surface area contributed by atoms with Crippen LogP contribution in [0.1, 0.15) is 44.1 Å². The topological polar surface area (TPSA) is 41.6 Å². The first-order valence-electron chi connectivity index (χ1n) is 8.33. The molecule has 3 rings (SSSR count). The van der Waals surface area contributed by atoms with Crippen LogP contribution in [0.15, 0.2) is 24.3 Å². The summed E-state index contributed by atoms with van der Waals surface area (Å²) in [5.41, 5.74) is 1.20. The van der Waals surface area contributed by atoms with Gasteiger partial charge in [0.2, 0.25) is 5.91 Å². The Kier molecular flexibility index (Phi) is 4.67. The quantitative estimate of drug-likeness (QED) is 0.929. The summed E-state index contributed by atoms with van der Waals surface area (Å²) < 4.78 is 5.19. The number of methoxy groups -OCH3 is 1. The summed E-state index contributed by atoms with van der Waals surface area (Å²) in [5.74, 6) is 1.39. The molecule has 0 radical (unpaired) electrons. The molecule has 2 aliphatic rings. The average Bonchev–Trinajstić information content (AvgIpc) is 2.86. The SMILES string of the molecule is COc1ccc(C(C)CC(=O)N2CCC3CCC(C2)N3)cc1. The van der Waals surface area contributed by atoms with Gasteiger partial charge in [0.1, 0.15) is 5.75 Å². The number of nitrogens with zero attached hydrogens (tertiary/aromatic N) is 1. The number of benzene rings is 1. The van der Waals surface area contributed by atoms with Crippen LogP contribution >= 0.6 is 0 Å². The summed E-state index contributed by atoms with van der Waals surface area (Å²) in [6.45, 7) is 3.91. The fraction of sp³-hybridized carbons (Fsp3) is 0.611. The van der Waals surface area contributed by atoms with E-state index in [1.54, 1.807) is 7.11 Å². The van der Waals surface area contributed by atoms with E-state index < -0.39 is 0 Å². The second-order valence-electron chi connectivity index (χ2n) is 6.64. The maximum atomic E-state index is 12.6. The van der Waals surface area contributed by atoms with Crippen LogP contribution in [0.3, 0.4) is 0 Å². The lowest BCUT2D eigenvalue weighted by atomic mass is 9.96. The van der Waals surface area contributed by atoms with E-state index in [1.165, 1.54) is 18.4 Å². The van der Waals surface area contributed by atoms with Crippen molar-refractivity contribution < 1.29 is 9.53 Å². The molecule has 2 fully saturated rings. The third kappa shape index (κ3) is 3.43. The van der Waals surface area contributed by atoms with Gasteiger partial charge < -0.3 is 15.0 Å². The molecule has 0 aliphatic carbocycles. The zero-order valence-electron chi connectivity index (χ0n) is 13.5. The van der Waals surface area contributed by atoms with Gasteiger partial charge in [0.15, 0.2) is 0 Å². The van der Waals surface area contributed by atoms with Crippen molar-refractivity contribution in [3.05, 3.63) is 29.8 Å². The van der Waals surface area contributed by atoms with Crippen LogP contribution in [0.2, 0.25) is 0 Å². The minimum atomic E-state index is 0.242.